The van der Waals surface area contributed by atoms with E-state index in [-0.39, 0.29) is 16.5 Å². The second-order valence-electron chi connectivity index (χ2n) is 8.45. The van der Waals surface area contributed by atoms with Crippen LogP contribution >= 0.6 is 0 Å². The Morgan fingerprint density at radius 1 is 0.750 bits per heavy atom. The molecular weight excluding hydrogens is 506 g/mol. The van der Waals surface area contributed by atoms with E-state index in [4.69, 9.17) is 0 Å². The minimum absolute atomic E-state index is 0.0113. The molecule has 10 nitrogen and oxygen atoms in total. The van der Waals surface area contributed by atoms with Crippen LogP contribution in [0.5, 0.6) is 5.75 Å². The SMILES string of the molecule is O=S(=O)(O)c1cc(O)c2cc(N(c3cccc4ccccc34)N3CCNCC3)c(S(=O)(=O)O)cc2c1. The minimum atomic E-state index is -4.81. The van der Waals surface area contributed by atoms with Gasteiger partial charge in [-0.15, -0.1) is 0 Å². The number of piperazine rings is 1. The number of anilines is 2. The molecule has 1 heterocycles. The summed E-state index contributed by atoms with van der Waals surface area (Å²) >= 11 is 0. The summed E-state index contributed by atoms with van der Waals surface area (Å²) in [4.78, 5) is -1.08. The topological polar surface area (TPSA) is 147 Å². The number of hydrogen-bond acceptors (Lipinski definition) is 8. The number of phenolic OH excluding ortho intramolecular Hbond substituents is 1. The van der Waals surface area contributed by atoms with E-state index < -0.39 is 35.8 Å². The third kappa shape index (κ3) is 4.50. The quantitative estimate of drug-likeness (QED) is 0.284. The molecule has 0 spiro atoms. The van der Waals surface area contributed by atoms with Gasteiger partial charge in [-0.2, -0.15) is 16.8 Å². The lowest BCUT2D eigenvalue weighted by Gasteiger charge is -2.40. The van der Waals surface area contributed by atoms with Crippen molar-refractivity contribution in [2.75, 3.05) is 31.2 Å². The third-order valence-corrected chi connectivity index (χ3v) is 7.87. The molecule has 36 heavy (non-hydrogen) atoms. The van der Waals surface area contributed by atoms with Gasteiger partial charge in [0.15, 0.2) is 0 Å². The highest BCUT2D eigenvalue weighted by Gasteiger charge is 2.29. The number of hydrazine groups is 1. The Morgan fingerprint density at radius 3 is 2.14 bits per heavy atom. The Bertz CT molecular complexity index is 1690. The Morgan fingerprint density at radius 2 is 1.44 bits per heavy atom. The summed E-state index contributed by atoms with van der Waals surface area (Å²) in [7, 11) is -9.48. The summed E-state index contributed by atoms with van der Waals surface area (Å²) in [5, 5.41) is 19.5. The maximum absolute atomic E-state index is 12.6. The predicted octanol–water partition coefficient (Wildman–Crippen LogP) is 3.15. The largest absolute Gasteiger partial charge is 0.507 e. The van der Waals surface area contributed by atoms with E-state index in [1.165, 1.54) is 6.07 Å². The zero-order chi connectivity index (χ0) is 25.7. The number of nitrogens with one attached hydrogen (secondary N) is 1. The van der Waals surface area contributed by atoms with Crippen LogP contribution in [-0.2, 0) is 20.2 Å². The molecule has 1 aliphatic rings. The van der Waals surface area contributed by atoms with E-state index in [1.54, 1.807) is 5.01 Å². The van der Waals surface area contributed by atoms with E-state index in [0.29, 0.717) is 31.9 Å². The van der Waals surface area contributed by atoms with E-state index in [9.17, 15) is 31.0 Å². The Labute approximate surface area is 207 Å². The number of fused-ring (bicyclic) bond motifs is 2. The van der Waals surface area contributed by atoms with Gasteiger partial charge in [0, 0.05) is 43.0 Å². The van der Waals surface area contributed by atoms with Gasteiger partial charge in [-0.25, -0.2) is 5.01 Å². The van der Waals surface area contributed by atoms with Crippen molar-refractivity contribution in [2.24, 2.45) is 0 Å². The minimum Gasteiger partial charge on any atom is -0.507 e. The van der Waals surface area contributed by atoms with Crippen molar-refractivity contribution in [3.8, 4) is 5.75 Å². The molecule has 4 N–H and O–H groups in total. The van der Waals surface area contributed by atoms with Crippen molar-refractivity contribution < 1.29 is 31.0 Å². The highest BCUT2D eigenvalue weighted by atomic mass is 32.2. The molecule has 0 saturated carbocycles. The number of aromatic hydroxyl groups is 1. The van der Waals surface area contributed by atoms with Gasteiger partial charge < -0.3 is 10.4 Å². The first-order valence-electron chi connectivity index (χ1n) is 11.0. The first-order valence-corrected chi connectivity index (χ1v) is 13.9. The summed E-state index contributed by atoms with van der Waals surface area (Å²) in [6, 6.07) is 17.6. The van der Waals surface area contributed by atoms with Gasteiger partial charge in [0.1, 0.15) is 10.6 Å². The van der Waals surface area contributed by atoms with Crippen LogP contribution in [-0.4, -0.2) is 62.2 Å². The van der Waals surface area contributed by atoms with Crippen molar-refractivity contribution in [3.63, 3.8) is 0 Å². The van der Waals surface area contributed by atoms with Crippen LogP contribution in [0.4, 0.5) is 11.4 Å². The molecule has 4 aromatic carbocycles. The molecule has 0 bridgehead atoms. The lowest BCUT2D eigenvalue weighted by atomic mass is 10.1. The molecule has 4 aromatic rings. The lowest BCUT2D eigenvalue weighted by Crippen LogP contribution is -2.51. The van der Waals surface area contributed by atoms with Crippen LogP contribution in [0.1, 0.15) is 0 Å². The van der Waals surface area contributed by atoms with Crippen LogP contribution < -0.4 is 10.3 Å². The second kappa shape index (κ2) is 9.00. The van der Waals surface area contributed by atoms with Gasteiger partial charge in [0.05, 0.1) is 16.3 Å². The van der Waals surface area contributed by atoms with Crippen LogP contribution in [0.3, 0.4) is 0 Å². The van der Waals surface area contributed by atoms with E-state index in [2.05, 4.69) is 5.32 Å². The number of benzene rings is 4. The van der Waals surface area contributed by atoms with Gasteiger partial charge in [-0.3, -0.25) is 14.1 Å². The molecule has 188 valence electrons. The molecule has 1 fully saturated rings. The highest BCUT2D eigenvalue weighted by Crippen LogP contribution is 2.41. The van der Waals surface area contributed by atoms with Crippen molar-refractivity contribution in [1.82, 2.24) is 10.3 Å². The smallest absolute Gasteiger partial charge is 0.296 e. The fourth-order valence-electron chi connectivity index (χ4n) is 4.53. The van der Waals surface area contributed by atoms with Gasteiger partial charge in [0.25, 0.3) is 20.2 Å². The standard InChI is InChI=1S/C24H23N3O7S2/c28-23-14-18(35(29,30)31)12-17-13-24(36(32,33)34)22(15-20(17)23)27(26-10-8-25-9-11-26)21-7-3-5-16-4-1-2-6-19(16)21/h1-7,12-15,25,28H,8-11H2,(H,29,30,31)(H,32,33,34). The van der Waals surface area contributed by atoms with Crippen molar-refractivity contribution in [2.45, 2.75) is 9.79 Å². The first kappa shape index (κ1) is 24.4. The van der Waals surface area contributed by atoms with E-state index in [1.807, 2.05) is 47.5 Å². The van der Waals surface area contributed by atoms with Gasteiger partial charge in [0.2, 0.25) is 0 Å². The molecule has 0 aliphatic carbocycles. The van der Waals surface area contributed by atoms with Crippen molar-refractivity contribution >= 4 is 53.2 Å². The van der Waals surface area contributed by atoms with Gasteiger partial charge in [-0.1, -0.05) is 36.4 Å². The predicted molar refractivity (Wildman–Crippen MR) is 136 cm³/mol. The average molecular weight is 530 g/mol. The monoisotopic (exact) mass is 529 g/mol. The fourth-order valence-corrected chi connectivity index (χ4v) is 5.76. The third-order valence-electron chi connectivity index (χ3n) is 6.16. The fraction of sp³-hybridized carbons (Fsp3) is 0.167. The molecule has 0 atom stereocenters. The van der Waals surface area contributed by atoms with E-state index in [0.717, 1.165) is 29.0 Å². The number of phenols is 1. The average Bonchev–Trinajstić information content (AvgIpc) is 2.84. The van der Waals surface area contributed by atoms with Crippen LogP contribution in [0.15, 0.2) is 76.5 Å². The Balaban J connectivity index is 1.85. The number of rotatable bonds is 5. The highest BCUT2D eigenvalue weighted by molar-refractivity contribution is 7.86. The van der Waals surface area contributed by atoms with Crippen LogP contribution in [0, 0.1) is 0 Å². The molecule has 0 radical (unpaired) electrons. The summed E-state index contributed by atoms with van der Waals surface area (Å²) in [5.41, 5.74) is 0.742. The van der Waals surface area contributed by atoms with Crippen molar-refractivity contribution in [1.29, 1.82) is 0 Å². The summed E-state index contributed by atoms with van der Waals surface area (Å²) in [6.07, 6.45) is 0. The zero-order valence-corrected chi connectivity index (χ0v) is 20.5. The first-order chi connectivity index (χ1) is 17.0. The molecule has 12 heteroatoms. The van der Waals surface area contributed by atoms with E-state index >= 15 is 0 Å². The molecule has 1 saturated heterocycles. The van der Waals surface area contributed by atoms with Crippen LogP contribution in [0.2, 0.25) is 0 Å². The number of nitrogens with zero attached hydrogens (tertiary/aromatic N) is 2. The molecule has 5 rings (SSSR count). The summed E-state index contributed by atoms with van der Waals surface area (Å²) in [6.45, 7) is 2.33. The van der Waals surface area contributed by atoms with Gasteiger partial charge in [-0.05, 0) is 35.0 Å². The van der Waals surface area contributed by atoms with Crippen LogP contribution in [0.25, 0.3) is 21.5 Å². The second-order valence-corrected chi connectivity index (χ2v) is 11.3. The summed E-state index contributed by atoms with van der Waals surface area (Å²) < 4.78 is 68.2. The molecule has 1 aliphatic heterocycles. The maximum atomic E-state index is 12.6. The normalized spacial score (nSPS) is 15.4. The Hall–Kier alpha value is -3.26. The Kier molecular flexibility index (Phi) is 6.11. The van der Waals surface area contributed by atoms with Crippen molar-refractivity contribution in [3.05, 3.63) is 66.7 Å². The molecule has 0 aromatic heterocycles. The number of hydrogen-bond donors (Lipinski definition) is 4. The van der Waals surface area contributed by atoms with Gasteiger partial charge >= 0.3 is 0 Å². The maximum Gasteiger partial charge on any atom is 0.296 e. The molecule has 0 amide bonds. The lowest BCUT2D eigenvalue weighted by molar-refractivity contribution is 0.243. The zero-order valence-electron chi connectivity index (χ0n) is 18.9. The molecule has 0 unspecified atom stereocenters. The summed E-state index contributed by atoms with van der Waals surface area (Å²) in [5.74, 6) is -0.471. The molecular formula is C24H23N3O7S2.